The average molecular weight is 253 g/mol. The Balaban J connectivity index is 2.50. The molecular weight excluding hydrogens is 242 g/mol. The van der Waals surface area contributed by atoms with Gasteiger partial charge in [0.25, 0.3) is 0 Å². The Bertz CT molecular complexity index is 662. The molecule has 1 aromatic rings. The summed E-state index contributed by atoms with van der Waals surface area (Å²) in [4.78, 5) is 25.1. The summed E-state index contributed by atoms with van der Waals surface area (Å²) in [7, 11) is 0. The third-order valence-corrected chi connectivity index (χ3v) is 3.13. The maximum Gasteiger partial charge on any atom is 0.239 e. The normalized spacial score (nSPS) is 17.2. The highest BCUT2D eigenvalue weighted by Gasteiger charge is 2.45. The molecule has 0 bridgehead atoms. The summed E-state index contributed by atoms with van der Waals surface area (Å²) < 4.78 is 0. The first kappa shape index (κ1) is 12.8. The van der Waals surface area contributed by atoms with Crippen molar-refractivity contribution < 1.29 is 9.59 Å². The maximum absolute atomic E-state index is 12.1. The van der Waals surface area contributed by atoms with E-state index in [1.807, 2.05) is 12.1 Å². The van der Waals surface area contributed by atoms with Gasteiger partial charge in [-0.05, 0) is 18.2 Å². The minimum absolute atomic E-state index is 0.147. The predicted octanol–water partition coefficient (Wildman–Crippen LogP) is 1.72. The fourth-order valence-electron chi connectivity index (χ4n) is 2.07. The van der Waals surface area contributed by atoms with E-state index in [9.17, 15) is 9.59 Å². The zero-order chi connectivity index (χ0) is 14.2. The number of imide groups is 1. The van der Waals surface area contributed by atoms with Crippen LogP contribution < -0.4 is 4.90 Å². The van der Waals surface area contributed by atoms with E-state index in [4.69, 9.17) is 10.5 Å². The number of anilines is 1. The second kappa shape index (κ2) is 4.22. The summed E-state index contributed by atoms with van der Waals surface area (Å²) in [6.07, 6.45) is 0.147. The maximum atomic E-state index is 12.1. The summed E-state index contributed by atoms with van der Waals surface area (Å²) in [5.41, 5.74) is 0.00340. The smallest absolute Gasteiger partial charge is 0.239 e. The topological polar surface area (TPSA) is 85.0 Å². The third-order valence-electron chi connectivity index (χ3n) is 3.13. The van der Waals surface area contributed by atoms with Crippen LogP contribution in [0, 0.1) is 28.1 Å². The predicted molar refractivity (Wildman–Crippen MR) is 66.8 cm³/mol. The lowest BCUT2D eigenvalue weighted by Gasteiger charge is -2.18. The Kier molecular flexibility index (Phi) is 2.84. The van der Waals surface area contributed by atoms with Crippen molar-refractivity contribution in [1.82, 2.24) is 0 Å². The number of amides is 2. The van der Waals surface area contributed by atoms with E-state index in [1.165, 1.54) is 18.2 Å². The van der Waals surface area contributed by atoms with Crippen molar-refractivity contribution >= 4 is 17.5 Å². The van der Waals surface area contributed by atoms with Crippen LogP contribution in [0.2, 0.25) is 0 Å². The van der Waals surface area contributed by atoms with E-state index in [0.29, 0.717) is 5.69 Å². The molecule has 5 nitrogen and oxygen atoms in total. The number of nitrogens with zero attached hydrogens (tertiary/aromatic N) is 3. The molecular formula is C14H11N3O2. The van der Waals surface area contributed by atoms with Gasteiger partial charge in [0.2, 0.25) is 11.8 Å². The van der Waals surface area contributed by atoms with Gasteiger partial charge in [0.1, 0.15) is 12.1 Å². The number of benzene rings is 1. The van der Waals surface area contributed by atoms with Gasteiger partial charge in [0.05, 0.1) is 22.2 Å². The summed E-state index contributed by atoms with van der Waals surface area (Å²) in [6.45, 7) is 3.42. The SMILES string of the molecule is CC1(C)CC(=O)N(c2ccc(C#N)c(C#N)c2)C1=O. The molecule has 0 atom stereocenters. The highest BCUT2D eigenvalue weighted by molar-refractivity contribution is 6.22. The number of hydrogen-bond acceptors (Lipinski definition) is 4. The molecule has 0 N–H and O–H groups in total. The van der Waals surface area contributed by atoms with Crippen molar-refractivity contribution in [2.24, 2.45) is 5.41 Å². The van der Waals surface area contributed by atoms with Crippen LogP contribution in [0.3, 0.4) is 0 Å². The van der Waals surface area contributed by atoms with E-state index in [0.717, 1.165) is 4.90 Å². The minimum Gasteiger partial charge on any atom is -0.274 e. The van der Waals surface area contributed by atoms with Crippen molar-refractivity contribution in [3.63, 3.8) is 0 Å². The summed E-state index contributed by atoms with van der Waals surface area (Å²) in [5, 5.41) is 17.8. The molecule has 0 aromatic heterocycles. The molecule has 19 heavy (non-hydrogen) atoms. The van der Waals surface area contributed by atoms with Gasteiger partial charge in [0, 0.05) is 6.42 Å². The van der Waals surface area contributed by atoms with Crippen LogP contribution in [-0.4, -0.2) is 11.8 Å². The zero-order valence-corrected chi connectivity index (χ0v) is 10.6. The molecule has 1 aliphatic rings. The monoisotopic (exact) mass is 253 g/mol. The average Bonchev–Trinajstić information content (AvgIpc) is 2.57. The molecule has 1 aromatic carbocycles. The second-order valence-corrected chi connectivity index (χ2v) is 5.05. The summed E-state index contributed by atoms with van der Waals surface area (Å²) in [6, 6.07) is 8.13. The molecule has 0 radical (unpaired) electrons. The van der Waals surface area contributed by atoms with Crippen molar-refractivity contribution in [2.75, 3.05) is 4.90 Å². The van der Waals surface area contributed by atoms with E-state index in [-0.39, 0.29) is 29.4 Å². The largest absolute Gasteiger partial charge is 0.274 e. The number of nitriles is 2. The first-order valence-corrected chi connectivity index (χ1v) is 5.72. The van der Waals surface area contributed by atoms with Crippen LogP contribution in [0.1, 0.15) is 31.4 Å². The molecule has 1 saturated heterocycles. The van der Waals surface area contributed by atoms with E-state index in [2.05, 4.69) is 0 Å². The molecule has 2 rings (SSSR count). The summed E-state index contributed by atoms with van der Waals surface area (Å²) in [5.74, 6) is -0.574. The molecule has 94 valence electrons. The lowest BCUT2D eigenvalue weighted by molar-refractivity contribution is -0.124. The van der Waals surface area contributed by atoms with Crippen LogP contribution in [0.4, 0.5) is 5.69 Å². The lowest BCUT2D eigenvalue weighted by Crippen LogP contribution is -2.33. The van der Waals surface area contributed by atoms with E-state index in [1.54, 1.807) is 13.8 Å². The van der Waals surface area contributed by atoms with Crippen LogP contribution in [0.5, 0.6) is 0 Å². The fourth-order valence-corrected chi connectivity index (χ4v) is 2.07. The number of carbonyl (C=O) groups excluding carboxylic acids is 2. The Morgan fingerprint density at radius 2 is 1.79 bits per heavy atom. The van der Waals surface area contributed by atoms with Gasteiger partial charge < -0.3 is 0 Å². The molecule has 5 heteroatoms. The molecule has 0 spiro atoms. The van der Waals surface area contributed by atoms with Gasteiger partial charge in [-0.15, -0.1) is 0 Å². The highest BCUT2D eigenvalue weighted by atomic mass is 16.2. The van der Waals surface area contributed by atoms with Crippen molar-refractivity contribution in [2.45, 2.75) is 20.3 Å². The molecule has 0 aliphatic carbocycles. The Hall–Kier alpha value is -2.66. The molecule has 1 aliphatic heterocycles. The van der Waals surface area contributed by atoms with Crippen molar-refractivity contribution in [3.8, 4) is 12.1 Å². The zero-order valence-electron chi connectivity index (χ0n) is 10.6. The molecule has 2 amide bonds. The van der Waals surface area contributed by atoms with Gasteiger partial charge in [-0.3, -0.25) is 14.5 Å². The van der Waals surface area contributed by atoms with Gasteiger partial charge >= 0.3 is 0 Å². The number of rotatable bonds is 1. The highest BCUT2D eigenvalue weighted by Crippen LogP contribution is 2.35. The Morgan fingerprint density at radius 1 is 1.16 bits per heavy atom. The number of hydrogen-bond donors (Lipinski definition) is 0. The van der Waals surface area contributed by atoms with Crippen LogP contribution in [0.25, 0.3) is 0 Å². The van der Waals surface area contributed by atoms with Crippen LogP contribution in [0.15, 0.2) is 18.2 Å². The van der Waals surface area contributed by atoms with Gasteiger partial charge in [-0.2, -0.15) is 10.5 Å². The molecule has 0 unspecified atom stereocenters. The quantitative estimate of drug-likeness (QED) is 0.713. The van der Waals surface area contributed by atoms with Gasteiger partial charge in [0.15, 0.2) is 0 Å². The van der Waals surface area contributed by atoms with Crippen molar-refractivity contribution in [3.05, 3.63) is 29.3 Å². The van der Waals surface area contributed by atoms with E-state index >= 15 is 0 Å². The Labute approximate surface area is 110 Å². The Morgan fingerprint density at radius 3 is 2.26 bits per heavy atom. The summed E-state index contributed by atoms with van der Waals surface area (Å²) >= 11 is 0. The van der Waals surface area contributed by atoms with Crippen LogP contribution in [-0.2, 0) is 9.59 Å². The molecule has 1 fully saturated rings. The first-order valence-electron chi connectivity index (χ1n) is 5.72. The lowest BCUT2D eigenvalue weighted by atomic mass is 9.92. The number of carbonyl (C=O) groups is 2. The second-order valence-electron chi connectivity index (χ2n) is 5.05. The van der Waals surface area contributed by atoms with Gasteiger partial charge in [-0.1, -0.05) is 13.8 Å². The third kappa shape index (κ3) is 1.96. The molecule has 0 saturated carbocycles. The molecule has 1 heterocycles. The fraction of sp³-hybridized carbons (Fsp3) is 0.286. The van der Waals surface area contributed by atoms with Gasteiger partial charge in [-0.25, -0.2) is 0 Å². The van der Waals surface area contributed by atoms with E-state index < -0.39 is 5.41 Å². The first-order chi connectivity index (χ1) is 8.90. The minimum atomic E-state index is -0.724. The van der Waals surface area contributed by atoms with Crippen LogP contribution >= 0.6 is 0 Å². The van der Waals surface area contributed by atoms with Crippen molar-refractivity contribution in [1.29, 1.82) is 10.5 Å². The standard InChI is InChI=1S/C14H11N3O2/c1-14(2)6-12(18)17(13(14)19)11-4-3-9(7-15)10(5-11)8-16/h3-5H,6H2,1-2H3.